The summed E-state index contributed by atoms with van der Waals surface area (Å²) < 4.78 is 7.18. The maximum absolute atomic E-state index is 13.0. The van der Waals surface area contributed by atoms with Gasteiger partial charge in [0.1, 0.15) is 6.61 Å². The second-order valence-corrected chi connectivity index (χ2v) is 7.59. The van der Waals surface area contributed by atoms with E-state index >= 15 is 0 Å². The average molecular weight is 421 g/mol. The second-order valence-electron chi connectivity index (χ2n) is 6.73. The van der Waals surface area contributed by atoms with Crippen LogP contribution < -0.4 is 5.32 Å². The zero-order chi connectivity index (χ0) is 21.3. The van der Waals surface area contributed by atoms with E-state index in [-0.39, 0.29) is 12.5 Å². The summed E-state index contributed by atoms with van der Waals surface area (Å²) in [6.07, 6.45) is 0. The highest BCUT2D eigenvalue weighted by Crippen LogP contribution is 2.27. The van der Waals surface area contributed by atoms with Crippen LogP contribution in [0.5, 0.6) is 0 Å². The van der Waals surface area contributed by atoms with Crippen molar-refractivity contribution in [3.05, 3.63) is 58.7 Å². The Morgan fingerprint density at radius 1 is 1.20 bits per heavy atom. The van der Waals surface area contributed by atoms with Crippen LogP contribution in [0.3, 0.4) is 0 Å². The van der Waals surface area contributed by atoms with Gasteiger partial charge in [0.05, 0.1) is 28.0 Å². The first-order chi connectivity index (χ1) is 14.4. The third-order valence-corrected chi connectivity index (χ3v) is 5.25. The van der Waals surface area contributed by atoms with Crippen molar-refractivity contribution in [1.29, 1.82) is 0 Å². The van der Waals surface area contributed by atoms with Crippen molar-refractivity contribution >= 4 is 39.4 Å². The summed E-state index contributed by atoms with van der Waals surface area (Å²) in [5.74, 6) is -0.683. The minimum absolute atomic E-state index is 0.00128. The molecule has 0 saturated heterocycles. The van der Waals surface area contributed by atoms with Gasteiger partial charge in [-0.25, -0.2) is 14.8 Å². The molecule has 0 unspecified atom stereocenters. The van der Waals surface area contributed by atoms with Gasteiger partial charge in [-0.2, -0.15) is 5.10 Å². The largest absolute Gasteiger partial charge is 0.456 e. The first-order valence-electron chi connectivity index (χ1n) is 9.21. The summed E-state index contributed by atoms with van der Waals surface area (Å²) >= 11 is 1.28. The summed E-state index contributed by atoms with van der Waals surface area (Å²) in [7, 11) is 1.80. The van der Waals surface area contributed by atoms with Crippen LogP contribution in [0.4, 0.5) is 5.13 Å². The van der Waals surface area contributed by atoms with Gasteiger partial charge in [-0.1, -0.05) is 30.3 Å². The summed E-state index contributed by atoms with van der Waals surface area (Å²) in [6, 6.07) is 11.4. The van der Waals surface area contributed by atoms with Gasteiger partial charge >= 0.3 is 5.97 Å². The van der Waals surface area contributed by atoms with Crippen molar-refractivity contribution in [3.8, 4) is 11.3 Å². The molecule has 1 aromatic carbocycles. The van der Waals surface area contributed by atoms with Crippen LogP contribution in [0.15, 0.2) is 41.8 Å². The number of anilines is 1. The fourth-order valence-electron chi connectivity index (χ4n) is 3.16. The van der Waals surface area contributed by atoms with E-state index in [1.807, 2.05) is 37.3 Å². The Hall–Kier alpha value is -3.59. The summed E-state index contributed by atoms with van der Waals surface area (Å²) in [4.78, 5) is 33.1. The third-order valence-electron chi connectivity index (χ3n) is 4.44. The molecule has 3 heterocycles. The van der Waals surface area contributed by atoms with Crippen LogP contribution >= 0.6 is 11.3 Å². The standard InChI is InChI=1S/C21H19N5O3S/c1-12-18-16(20(28)29-10-15-11-30-21(23-15)22-13(2)27)9-17(14-7-5-4-6-8-14)24-19(18)26(3)25-12/h4-9,11H,10H2,1-3H3,(H,22,23,27). The zero-order valence-corrected chi connectivity index (χ0v) is 17.5. The quantitative estimate of drug-likeness (QED) is 0.493. The van der Waals surface area contributed by atoms with Crippen LogP contribution in [0, 0.1) is 6.92 Å². The maximum atomic E-state index is 13.0. The lowest BCUT2D eigenvalue weighted by Gasteiger charge is -2.08. The molecule has 3 aromatic heterocycles. The Bertz CT molecular complexity index is 1250. The highest BCUT2D eigenvalue weighted by atomic mass is 32.1. The van der Waals surface area contributed by atoms with E-state index in [1.165, 1.54) is 18.3 Å². The topological polar surface area (TPSA) is 99.0 Å². The molecule has 1 amide bonds. The van der Waals surface area contributed by atoms with Crippen LogP contribution in [0.2, 0.25) is 0 Å². The van der Waals surface area contributed by atoms with Crippen LogP contribution in [-0.4, -0.2) is 31.6 Å². The number of rotatable bonds is 5. The number of nitrogens with one attached hydrogen (secondary N) is 1. The number of carbonyl (C=O) groups is 2. The van der Waals surface area contributed by atoms with Gasteiger partial charge in [0, 0.05) is 24.9 Å². The Morgan fingerprint density at radius 3 is 2.70 bits per heavy atom. The van der Waals surface area contributed by atoms with Gasteiger partial charge in [-0.3, -0.25) is 9.48 Å². The molecule has 152 valence electrons. The number of nitrogens with zero attached hydrogens (tertiary/aromatic N) is 4. The highest BCUT2D eigenvalue weighted by Gasteiger charge is 2.20. The maximum Gasteiger partial charge on any atom is 0.339 e. The number of ether oxygens (including phenoxy) is 1. The zero-order valence-electron chi connectivity index (χ0n) is 16.7. The summed E-state index contributed by atoms with van der Waals surface area (Å²) in [5, 5.41) is 9.90. The Kier molecular flexibility index (Phi) is 5.28. The summed E-state index contributed by atoms with van der Waals surface area (Å²) in [5.41, 5.74) is 3.84. The number of pyridine rings is 1. The van der Waals surface area contributed by atoms with Crippen LogP contribution in [0.1, 0.15) is 28.7 Å². The highest BCUT2D eigenvalue weighted by molar-refractivity contribution is 7.13. The van der Waals surface area contributed by atoms with Gasteiger partial charge in [0.25, 0.3) is 0 Å². The van der Waals surface area contributed by atoms with Crippen molar-refractivity contribution in [3.63, 3.8) is 0 Å². The van der Waals surface area contributed by atoms with Gasteiger partial charge in [0.2, 0.25) is 5.91 Å². The Balaban J connectivity index is 1.66. The number of amides is 1. The molecule has 0 aliphatic carbocycles. The first-order valence-corrected chi connectivity index (χ1v) is 10.1. The minimum Gasteiger partial charge on any atom is -0.456 e. The number of fused-ring (bicyclic) bond motifs is 1. The predicted octanol–water partition coefficient (Wildman–Crippen LogP) is 3.72. The van der Waals surface area contributed by atoms with Crippen molar-refractivity contribution < 1.29 is 14.3 Å². The van der Waals surface area contributed by atoms with Crippen LogP contribution in [-0.2, 0) is 23.2 Å². The molecule has 9 heteroatoms. The second kappa shape index (κ2) is 8.03. The Morgan fingerprint density at radius 2 is 1.97 bits per heavy atom. The molecule has 4 rings (SSSR count). The van der Waals surface area contributed by atoms with E-state index < -0.39 is 5.97 Å². The van der Waals surface area contributed by atoms with Crippen molar-refractivity contribution in [2.45, 2.75) is 20.5 Å². The number of hydrogen-bond donors (Lipinski definition) is 1. The number of aromatic nitrogens is 4. The van der Waals surface area contributed by atoms with E-state index in [0.29, 0.717) is 38.8 Å². The molecule has 0 saturated carbocycles. The lowest BCUT2D eigenvalue weighted by atomic mass is 10.1. The fourth-order valence-corrected chi connectivity index (χ4v) is 3.90. The van der Waals surface area contributed by atoms with Crippen molar-refractivity contribution in [1.82, 2.24) is 19.7 Å². The first kappa shape index (κ1) is 19.7. The smallest absolute Gasteiger partial charge is 0.339 e. The van der Waals surface area contributed by atoms with Crippen LogP contribution in [0.25, 0.3) is 22.3 Å². The van der Waals surface area contributed by atoms with E-state index in [1.54, 1.807) is 23.2 Å². The lowest BCUT2D eigenvalue weighted by Crippen LogP contribution is -2.08. The lowest BCUT2D eigenvalue weighted by molar-refractivity contribution is -0.114. The molecule has 0 radical (unpaired) electrons. The van der Waals surface area contributed by atoms with Gasteiger partial charge in [0.15, 0.2) is 10.8 Å². The fraction of sp³-hybridized carbons (Fsp3) is 0.190. The number of benzene rings is 1. The summed E-state index contributed by atoms with van der Waals surface area (Å²) in [6.45, 7) is 3.25. The van der Waals surface area contributed by atoms with Gasteiger partial charge < -0.3 is 10.1 Å². The number of esters is 1. The molecule has 0 bridgehead atoms. The molecule has 0 spiro atoms. The predicted molar refractivity (Wildman–Crippen MR) is 114 cm³/mol. The molecule has 30 heavy (non-hydrogen) atoms. The minimum atomic E-state index is -0.482. The van der Waals surface area contributed by atoms with Crippen molar-refractivity contribution in [2.24, 2.45) is 7.05 Å². The average Bonchev–Trinajstić information content (AvgIpc) is 3.29. The van der Waals surface area contributed by atoms with E-state index in [4.69, 9.17) is 9.72 Å². The molecule has 0 fully saturated rings. The Labute approximate surface area is 176 Å². The number of carbonyl (C=O) groups excluding carboxylic acids is 2. The molecule has 0 aliphatic heterocycles. The normalized spacial score (nSPS) is 10.9. The van der Waals surface area contributed by atoms with E-state index in [9.17, 15) is 9.59 Å². The molecular formula is C21H19N5O3S. The van der Waals surface area contributed by atoms with E-state index in [0.717, 1.165) is 5.56 Å². The number of hydrogen-bond acceptors (Lipinski definition) is 7. The molecular weight excluding hydrogens is 402 g/mol. The molecule has 0 aliphatic rings. The number of aryl methyl sites for hydroxylation is 2. The molecule has 4 aromatic rings. The van der Waals surface area contributed by atoms with E-state index in [2.05, 4.69) is 15.4 Å². The molecule has 1 N–H and O–H groups in total. The monoisotopic (exact) mass is 421 g/mol. The number of thiazole rings is 1. The molecule has 8 nitrogen and oxygen atoms in total. The van der Waals surface area contributed by atoms with Gasteiger partial charge in [-0.15, -0.1) is 11.3 Å². The van der Waals surface area contributed by atoms with Gasteiger partial charge in [-0.05, 0) is 13.0 Å². The molecule has 0 atom stereocenters. The van der Waals surface area contributed by atoms with Crippen molar-refractivity contribution in [2.75, 3.05) is 5.32 Å². The SMILES string of the molecule is CC(=O)Nc1nc(COC(=O)c2cc(-c3ccccc3)nc3c2c(C)nn3C)cs1. The third kappa shape index (κ3) is 3.92.